The molecule has 0 bridgehead atoms. The number of carboxylic acid groups (broad SMARTS) is 2. The molecule has 4 unspecified atom stereocenters. The smallest absolute Gasteiger partial charge is 0.326 e. The van der Waals surface area contributed by atoms with Crippen LogP contribution >= 0.6 is 0 Å². The van der Waals surface area contributed by atoms with Crippen LogP contribution in [-0.4, -0.2) is 75.9 Å². The zero-order chi connectivity index (χ0) is 26.6. The standard InChI is InChI=1S/C19H32N6O9/c1-8(2)15(22)18(32)25-11(7-13(21)27)17(31)23-9(3-5-12(20)26)16(30)24-10(19(33)34)4-6-14(28)29/h8-11,15H,3-7,22H2,1-2H3,(H2,20,26)(H2,21,27)(H,23,31)(H,24,30)(H,25,32)(H,28,29)(H,33,34). The maximum atomic E-state index is 12.7. The molecule has 0 spiro atoms. The van der Waals surface area contributed by atoms with Gasteiger partial charge in [0.1, 0.15) is 18.1 Å². The quantitative estimate of drug-likeness (QED) is 0.106. The predicted octanol–water partition coefficient (Wildman–Crippen LogP) is -3.49. The maximum Gasteiger partial charge on any atom is 0.326 e. The number of carboxylic acids is 2. The molecule has 0 aliphatic carbocycles. The van der Waals surface area contributed by atoms with Gasteiger partial charge in [-0.15, -0.1) is 0 Å². The topological polar surface area (TPSA) is 274 Å². The summed E-state index contributed by atoms with van der Waals surface area (Å²) in [5.41, 5.74) is 15.9. The monoisotopic (exact) mass is 488 g/mol. The van der Waals surface area contributed by atoms with Crippen LogP contribution < -0.4 is 33.2 Å². The number of aliphatic carboxylic acids is 2. The molecule has 0 rings (SSSR count). The fourth-order valence-corrected chi connectivity index (χ4v) is 2.61. The summed E-state index contributed by atoms with van der Waals surface area (Å²) in [4.78, 5) is 82.2. The molecule has 15 heteroatoms. The SMILES string of the molecule is CC(C)C(N)C(=O)NC(CC(N)=O)C(=O)NC(CCC(N)=O)C(=O)NC(CCC(=O)O)C(=O)O. The summed E-state index contributed by atoms with van der Waals surface area (Å²) in [6.07, 6.45) is -2.36. The van der Waals surface area contributed by atoms with Crippen molar-refractivity contribution in [1.29, 1.82) is 0 Å². The molecule has 0 aromatic carbocycles. The first kappa shape index (κ1) is 30.2. The van der Waals surface area contributed by atoms with Gasteiger partial charge in [0.25, 0.3) is 0 Å². The molecule has 0 aromatic heterocycles. The molecule has 0 saturated carbocycles. The molecule has 0 aliphatic heterocycles. The van der Waals surface area contributed by atoms with Gasteiger partial charge in [0.05, 0.1) is 12.5 Å². The molecule has 15 nitrogen and oxygen atoms in total. The number of nitrogens with one attached hydrogen (secondary N) is 3. The van der Waals surface area contributed by atoms with Crippen LogP contribution in [0.2, 0.25) is 0 Å². The number of carbonyl (C=O) groups is 7. The zero-order valence-corrected chi connectivity index (χ0v) is 18.9. The molecule has 34 heavy (non-hydrogen) atoms. The molecular weight excluding hydrogens is 456 g/mol. The van der Waals surface area contributed by atoms with Crippen LogP contribution in [0.1, 0.15) is 46.0 Å². The third kappa shape index (κ3) is 11.8. The lowest BCUT2D eigenvalue weighted by atomic mass is 10.0. The van der Waals surface area contributed by atoms with E-state index in [9.17, 15) is 38.7 Å². The second kappa shape index (κ2) is 14.4. The van der Waals surface area contributed by atoms with Crippen molar-refractivity contribution >= 4 is 41.5 Å². The lowest BCUT2D eigenvalue weighted by Crippen LogP contribution is -2.58. The van der Waals surface area contributed by atoms with Crippen LogP contribution in [0.25, 0.3) is 0 Å². The highest BCUT2D eigenvalue weighted by molar-refractivity contribution is 5.96. The van der Waals surface area contributed by atoms with Crippen molar-refractivity contribution in [3.8, 4) is 0 Å². The summed E-state index contributed by atoms with van der Waals surface area (Å²) in [6.45, 7) is 3.31. The van der Waals surface area contributed by atoms with E-state index in [1.807, 2.05) is 0 Å². The molecule has 0 saturated heterocycles. The van der Waals surface area contributed by atoms with Gasteiger partial charge in [-0.1, -0.05) is 13.8 Å². The van der Waals surface area contributed by atoms with Crippen molar-refractivity contribution in [2.75, 3.05) is 0 Å². The van der Waals surface area contributed by atoms with Gasteiger partial charge < -0.3 is 43.4 Å². The van der Waals surface area contributed by atoms with Gasteiger partial charge in [0, 0.05) is 12.8 Å². The van der Waals surface area contributed by atoms with Gasteiger partial charge >= 0.3 is 11.9 Å². The van der Waals surface area contributed by atoms with Crippen molar-refractivity contribution in [1.82, 2.24) is 16.0 Å². The minimum absolute atomic E-state index is 0.301. The Balaban J connectivity index is 5.61. The van der Waals surface area contributed by atoms with Gasteiger partial charge in [-0.2, -0.15) is 0 Å². The highest BCUT2D eigenvalue weighted by atomic mass is 16.4. The molecule has 0 aromatic rings. The summed E-state index contributed by atoms with van der Waals surface area (Å²) in [6, 6.07) is -5.62. The average molecular weight is 488 g/mol. The van der Waals surface area contributed by atoms with Crippen molar-refractivity contribution in [2.45, 2.75) is 70.1 Å². The number of carbonyl (C=O) groups excluding carboxylic acids is 5. The van der Waals surface area contributed by atoms with Crippen LogP contribution in [0.3, 0.4) is 0 Å². The minimum atomic E-state index is -1.60. The van der Waals surface area contributed by atoms with Gasteiger partial charge in [-0.05, 0) is 18.8 Å². The minimum Gasteiger partial charge on any atom is -0.481 e. The second-order valence-electron chi connectivity index (χ2n) is 7.90. The van der Waals surface area contributed by atoms with E-state index in [4.69, 9.17) is 22.3 Å². The van der Waals surface area contributed by atoms with E-state index in [-0.39, 0.29) is 18.8 Å². The van der Waals surface area contributed by atoms with E-state index in [0.717, 1.165) is 0 Å². The lowest BCUT2D eigenvalue weighted by molar-refractivity contribution is -0.143. The maximum absolute atomic E-state index is 12.7. The Morgan fingerprint density at radius 2 is 1.18 bits per heavy atom. The number of amides is 5. The largest absolute Gasteiger partial charge is 0.481 e. The summed E-state index contributed by atoms with van der Waals surface area (Å²) in [5, 5.41) is 24.5. The normalized spacial score (nSPS) is 14.2. The number of hydrogen-bond acceptors (Lipinski definition) is 8. The predicted molar refractivity (Wildman–Crippen MR) is 115 cm³/mol. The van der Waals surface area contributed by atoms with E-state index in [1.165, 1.54) is 0 Å². The fraction of sp³-hybridized carbons (Fsp3) is 0.632. The Bertz CT molecular complexity index is 801. The molecule has 192 valence electrons. The van der Waals surface area contributed by atoms with Crippen molar-refractivity contribution < 1.29 is 43.8 Å². The first-order valence-electron chi connectivity index (χ1n) is 10.3. The molecule has 11 N–H and O–H groups in total. The van der Waals surface area contributed by atoms with E-state index < -0.39 is 84.9 Å². The fourth-order valence-electron chi connectivity index (χ4n) is 2.61. The van der Waals surface area contributed by atoms with E-state index >= 15 is 0 Å². The van der Waals surface area contributed by atoms with E-state index in [0.29, 0.717) is 0 Å². The number of nitrogens with two attached hydrogens (primary N) is 3. The van der Waals surface area contributed by atoms with Crippen LogP contribution in [-0.2, 0) is 33.6 Å². The summed E-state index contributed by atoms with van der Waals surface area (Å²) >= 11 is 0. The van der Waals surface area contributed by atoms with E-state index in [2.05, 4.69) is 16.0 Å². The van der Waals surface area contributed by atoms with Crippen molar-refractivity contribution in [2.24, 2.45) is 23.1 Å². The number of rotatable bonds is 16. The Hall–Kier alpha value is -3.75. The molecule has 0 aliphatic rings. The highest BCUT2D eigenvalue weighted by Crippen LogP contribution is 2.05. The van der Waals surface area contributed by atoms with E-state index in [1.54, 1.807) is 13.8 Å². The first-order valence-corrected chi connectivity index (χ1v) is 10.3. The van der Waals surface area contributed by atoms with Gasteiger partial charge in [-0.3, -0.25) is 28.8 Å². The Morgan fingerprint density at radius 3 is 1.62 bits per heavy atom. The average Bonchev–Trinajstić information content (AvgIpc) is 2.71. The second-order valence-corrected chi connectivity index (χ2v) is 7.90. The Labute approximate surface area is 195 Å². The summed E-state index contributed by atoms with van der Waals surface area (Å²) in [7, 11) is 0. The molecule has 0 radical (unpaired) electrons. The zero-order valence-electron chi connectivity index (χ0n) is 18.9. The third-order valence-electron chi connectivity index (χ3n) is 4.63. The van der Waals surface area contributed by atoms with Crippen LogP contribution in [0, 0.1) is 5.92 Å². The first-order chi connectivity index (χ1) is 15.6. The van der Waals surface area contributed by atoms with Gasteiger partial charge in [0.2, 0.25) is 29.5 Å². The van der Waals surface area contributed by atoms with Crippen LogP contribution in [0.5, 0.6) is 0 Å². The van der Waals surface area contributed by atoms with Gasteiger partial charge in [-0.25, -0.2) is 4.79 Å². The Morgan fingerprint density at radius 1 is 0.706 bits per heavy atom. The van der Waals surface area contributed by atoms with Crippen LogP contribution in [0.4, 0.5) is 0 Å². The molecule has 0 heterocycles. The number of hydrogen-bond donors (Lipinski definition) is 8. The Kier molecular flexibility index (Phi) is 12.8. The van der Waals surface area contributed by atoms with Crippen LogP contribution in [0.15, 0.2) is 0 Å². The third-order valence-corrected chi connectivity index (χ3v) is 4.63. The molecule has 4 atom stereocenters. The van der Waals surface area contributed by atoms with Crippen molar-refractivity contribution in [3.63, 3.8) is 0 Å². The summed E-state index contributed by atoms with van der Waals surface area (Å²) < 4.78 is 0. The van der Waals surface area contributed by atoms with Crippen molar-refractivity contribution in [3.05, 3.63) is 0 Å². The van der Waals surface area contributed by atoms with Gasteiger partial charge in [0.15, 0.2) is 0 Å². The lowest BCUT2D eigenvalue weighted by Gasteiger charge is -2.25. The molecular formula is C19H32N6O9. The summed E-state index contributed by atoms with van der Waals surface area (Å²) in [5.74, 6) is -7.70. The molecule has 0 fully saturated rings. The molecule has 5 amide bonds. The highest BCUT2D eigenvalue weighted by Gasteiger charge is 2.31. The number of primary amides is 2.